The minimum atomic E-state index is -0.250. The molecule has 0 atom stereocenters. The van der Waals surface area contributed by atoms with E-state index < -0.39 is 0 Å². The Morgan fingerprint density at radius 1 is 1.18 bits per heavy atom. The second-order valence-electron chi connectivity index (χ2n) is 5.15. The lowest BCUT2D eigenvalue weighted by atomic mass is 9.87. The van der Waals surface area contributed by atoms with E-state index in [9.17, 15) is 0 Å². The Hall–Kier alpha value is -0.770. The van der Waals surface area contributed by atoms with Gasteiger partial charge in [0.15, 0.2) is 0 Å². The van der Waals surface area contributed by atoms with Gasteiger partial charge in [0.25, 0.3) is 0 Å². The Balaban J connectivity index is 3.45. The summed E-state index contributed by atoms with van der Waals surface area (Å²) in [5.41, 5.74) is 5.36. The van der Waals surface area contributed by atoms with Crippen LogP contribution in [0.5, 0.6) is 0 Å². The van der Waals surface area contributed by atoms with Crippen LogP contribution in [0.2, 0.25) is 0 Å². The van der Waals surface area contributed by atoms with Crippen molar-refractivity contribution in [2.45, 2.75) is 59.3 Å². The third kappa shape index (κ3) is 8.02. The van der Waals surface area contributed by atoms with Crippen LogP contribution in [-0.4, -0.2) is 24.3 Å². The van der Waals surface area contributed by atoms with E-state index in [4.69, 9.17) is 15.7 Å². The zero-order chi connectivity index (χ0) is 13.1. The highest BCUT2D eigenvalue weighted by molar-refractivity contribution is 5.85. The molecule has 0 unspecified atom stereocenters. The molecule has 0 fully saturated rings. The van der Waals surface area contributed by atoms with Crippen LogP contribution >= 0.6 is 0 Å². The van der Waals surface area contributed by atoms with Crippen LogP contribution in [0, 0.1) is 5.41 Å². The number of nitrogens with zero attached hydrogens (tertiary/aromatic N) is 1. The summed E-state index contributed by atoms with van der Waals surface area (Å²) in [6.45, 7) is 7.76. The van der Waals surface area contributed by atoms with Crippen molar-refractivity contribution in [3.8, 4) is 0 Å². The summed E-state index contributed by atoms with van der Waals surface area (Å²) in [6.07, 6.45) is 6.77. The predicted molar refractivity (Wildman–Crippen MR) is 71.4 cm³/mol. The fourth-order valence-electron chi connectivity index (χ4n) is 1.61. The van der Waals surface area contributed by atoms with Gasteiger partial charge in [0.2, 0.25) is 0 Å². The van der Waals surface area contributed by atoms with Gasteiger partial charge >= 0.3 is 0 Å². The topological polar surface area (TPSA) is 67.8 Å². The Bertz CT molecular complexity index is 215. The molecule has 4 heteroatoms. The molecule has 0 aliphatic heterocycles. The predicted octanol–water partition coefficient (Wildman–Crippen LogP) is 3.14. The molecule has 0 aromatic carbocycles. The number of nitrogens with two attached hydrogens (primary N) is 1. The van der Waals surface area contributed by atoms with Crippen LogP contribution in [-0.2, 0) is 4.74 Å². The standard InChI is InChI=1S/C13H28N2O2/c1-4-5-6-7-10-17-11-8-9-13(2,3)12(14)15-16/h16H,4-11H2,1-3H3,(H2,14,15). The first kappa shape index (κ1) is 16.2. The third-order valence-corrected chi connectivity index (χ3v) is 3.03. The van der Waals surface area contributed by atoms with Crippen molar-refractivity contribution in [2.75, 3.05) is 13.2 Å². The summed E-state index contributed by atoms with van der Waals surface area (Å²) in [5.74, 6) is 0.292. The Kier molecular flexibility index (Phi) is 8.86. The summed E-state index contributed by atoms with van der Waals surface area (Å²) in [7, 11) is 0. The largest absolute Gasteiger partial charge is 0.409 e. The van der Waals surface area contributed by atoms with E-state index >= 15 is 0 Å². The van der Waals surface area contributed by atoms with Crippen LogP contribution in [0.3, 0.4) is 0 Å². The molecule has 0 spiro atoms. The minimum absolute atomic E-state index is 0.250. The van der Waals surface area contributed by atoms with Crippen LogP contribution < -0.4 is 5.73 Å². The Labute approximate surface area is 105 Å². The summed E-state index contributed by atoms with van der Waals surface area (Å²) < 4.78 is 5.55. The zero-order valence-corrected chi connectivity index (χ0v) is 11.5. The van der Waals surface area contributed by atoms with Crippen molar-refractivity contribution < 1.29 is 9.94 Å². The SMILES string of the molecule is CCCCCCOCCCC(C)(C)C(N)=NO. The van der Waals surface area contributed by atoms with Crippen LogP contribution in [0.4, 0.5) is 0 Å². The number of amidine groups is 1. The summed E-state index contributed by atoms with van der Waals surface area (Å²) in [6, 6.07) is 0. The fourth-order valence-corrected chi connectivity index (χ4v) is 1.61. The molecule has 4 nitrogen and oxygen atoms in total. The summed E-state index contributed by atoms with van der Waals surface area (Å²) >= 11 is 0. The first-order valence-corrected chi connectivity index (χ1v) is 6.60. The Morgan fingerprint density at radius 2 is 1.82 bits per heavy atom. The lowest BCUT2D eigenvalue weighted by Gasteiger charge is -2.22. The van der Waals surface area contributed by atoms with E-state index in [-0.39, 0.29) is 5.41 Å². The van der Waals surface area contributed by atoms with Crippen molar-refractivity contribution in [2.24, 2.45) is 16.3 Å². The average molecular weight is 244 g/mol. The van der Waals surface area contributed by atoms with Gasteiger partial charge in [0, 0.05) is 18.6 Å². The second-order valence-corrected chi connectivity index (χ2v) is 5.15. The van der Waals surface area contributed by atoms with Gasteiger partial charge in [-0.2, -0.15) is 0 Å². The van der Waals surface area contributed by atoms with Gasteiger partial charge in [-0.1, -0.05) is 45.2 Å². The molecular formula is C13H28N2O2. The molecule has 0 radical (unpaired) electrons. The van der Waals surface area contributed by atoms with Crippen molar-refractivity contribution in [3.05, 3.63) is 0 Å². The quantitative estimate of drug-likeness (QED) is 0.204. The molecule has 3 N–H and O–H groups in total. The van der Waals surface area contributed by atoms with E-state index in [0.717, 1.165) is 32.5 Å². The van der Waals surface area contributed by atoms with Crippen LogP contribution in [0.25, 0.3) is 0 Å². The van der Waals surface area contributed by atoms with Crippen molar-refractivity contribution in [1.82, 2.24) is 0 Å². The van der Waals surface area contributed by atoms with Gasteiger partial charge in [-0.15, -0.1) is 0 Å². The monoisotopic (exact) mass is 244 g/mol. The van der Waals surface area contributed by atoms with Crippen LogP contribution in [0.15, 0.2) is 5.16 Å². The molecule has 0 aromatic heterocycles. The summed E-state index contributed by atoms with van der Waals surface area (Å²) in [5, 5.41) is 11.7. The van der Waals surface area contributed by atoms with Crippen molar-refractivity contribution >= 4 is 5.84 Å². The molecule has 0 aromatic rings. The maximum absolute atomic E-state index is 8.63. The molecule has 0 saturated heterocycles. The average Bonchev–Trinajstić information content (AvgIpc) is 2.31. The second kappa shape index (κ2) is 9.28. The van der Waals surface area contributed by atoms with E-state index in [0.29, 0.717) is 5.84 Å². The molecule has 0 saturated carbocycles. The van der Waals surface area contributed by atoms with Gasteiger partial charge in [-0.05, 0) is 19.3 Å². The molecule has 0 heterocycles. The lowest BCUT2D eigenvalue weighted by molar-refractivity contribution is 0.121. The molecule has 0 aliphatic carbocycles. The smallest absolute Gasteiger partial charge is 0.144 e. The van der Waals surface area contributed by atoms with Gasteiger partial charge in [0.1, 0.15) is 5.84 Å². The zero-order valence-electron chi connectivity index (χ0n) is 11.5. The molecule has 0 bridgehead atoms. The van der Waals surface area contributed by atoms with Gasteiger partial charge < -0.3 is 15.7 Å². The highest BCUT2D eigenvalue weighted by atomic mass is 16.5. The third-order valence-electron chi connectivity index (χ3n) is 3.03. The number of hydrogen-bond donors (Lipinski definition) is 2. The maximum Gasteiger partial charge on any atom is 0.144 e. The van der Waals surface area contributed by atoms with Gasteiger partial charge in [-0.25, -0.2) is 0 Å². The number of hydrogen-bond acceptors (Lipinski definition) is 3. The molecule has 0 aliphatic rings. The van der Waals surface area contributed by atoms with Gasteiger partial charge in [-0.3, -0.25) is 0 Å². The highest BCUT2D eigenvalue weighted by Crippen LogP contribution is 2.22. The van der Waals surface area contributed by atoms with E-state index in [1.54, 1.807) is 0 Å². The molecule has 102 valence electrons. The Morgan fingerprint density at radius 3 is 2.41 bits per heavy atom. The first-order chi connectivity index (χ1) is 8.04. The van der Waals surface area contributed by atoms with Crippen molar-refractivity contribution in [3.63, 3.8) is 0 Å². The van der Waals surface area contributed by atoms with E-state index in [1.165, 1.54) is 19.3 Å². The minimum Gasteiger partial charge on any atom is -0.409 e. The highest BCUT2D eigenvalue weighted by Gasteiger charge is 2.22. The fraction of sp³-hybridized carbons (Fsp3) is 0.923. The lowest BCUT2D eigenvalue weighted by Crippen LogP contribution is -2.32. The molecule has 0 rings (SSSR count). The molecule has 0 amide bonds. The summed E-state index contributed by atoms with van der Waals surface area (Å²) in [4.78, 5) is 0. The first-order valence-electron chi connectivity index (χ1n) is 6.60. The molecular weight excluding hydrogens is 216 g/mol. The molecule has 17 heavy (non-hydrogen) atoms. The number of rotatable bonds is 10. The van der Waals surface area contributed by atoms with E-state index in [2.05, 4.69) is 12.1 Å². The van der Waals surface area contributed by atoms with Crippen molar-refractivity contribution in [1.29, 1.82) is 0 Å². The van der Waals surface area contributed by atoms with Gasteiger partial charge in [0.05, 0.1) is 0 Å². The van der Waals surface area contributed by atoms with E-state index in [1.807, 2.05) is 13.8 Å². The maximum atomic E-state index is 8.63. The number of ether oxygens (including phenoxy) is 1. The number of unbranched alkanes of at least 4 members (excludes halogenated alkanes) is 3. The van der Waals surface area contributed by atoms with Crippen LogP contribution in [0.1, 0.15) is 59.3 Å². The normalized spacial score (nSPS) is 13.0. The number of oxime groups is 1.